The van der Waals surface area contributed by atoms with E-state index < -0.39 is 6.09 Å². The molecule has 2 rings (SSSR count). The number of ether oxygens (including phenoxy) is 2. The van der Waals surface area contributed by atoms with Crippen molar-refractivity contribution < 1.29 is 24.5 Å². The van der Waals surface area contributed by atoms with Crippen LogP contribution in [-0.4, -0.2) is 28.0 Å². The quantitative estimate of drug-likeness (QED) is 0.497. The number of phenolic OH excluding ortho intramolecular Hbond substituents is 2. The van der Waals surface area contributed by atoms with Gasteiger partial charge in [0.15, 0.2) is 28.1 Å². The molecule has 2 aromatic rings. The van der Waals surface area contributed by atoms with Crippen LogP contribution in [0.3, 0.4) is 0 Å². The number of hydrogen-bond donors (Lipinski definition) is 4. The highest BCUT2D eigenvalue weighted by Crippen LogP contribution is 2.36. The Balaban J connectivity index is 2.09. The largest absolute Gasteiger partial charge is 0.504 e. The van der Waals surface area contributed by atoms with E-state index >= 15 is 0 Å². The molecule has 126 valence electrons. The third-order valence-electron chi connectivity index (χ3n) is 2.79. The van der Waals surface area contributed by atoms with Crippen LogP contribution in [0.1, 0.15) is 6.92 Å². The third-order valence-corrected chi connectivity index (χ3v) is 3.00. The third kappa shape index (κ3) is 4.75. The Bertz CT molecular complexity index is 751. The molecule has 0 unspecified atom stereocenters. The summed E-state index contributed by atoms with van der Waals surface area (Å²) in [5.41, 5.74) is 0.472. The summed E-state index contributed by atoms with van der Waals surface area (Å²) in [4.78, 5) is 11.3. The first-order chi connectivity index (χ1) is 11.5. The molecule has 0 fully saturated rings. The number of carbonyl (C=O) groups excluding carboxylic acids is 1. The number of alkyl carbamates (subject to hydrolysis) is 1. The Morgan fingerprint density at radius 1 is 1.12 bits per heavy atom. The maximum atomic E-state index is 11.3. The molecule has 24 heavy (non-hydrogen) atoms. The van der Waals surface area contributed by atoms with Gasteiger partial charge in [-0.15, -0.1) is 0 Å². The van der Waals surface area contributed by atoms with E-state index in [1.54, 1.807) is 31.2 Å². The number of anilines is 1. The lowest BCUT2D eigenvalue weighted by Crippen LogP contribution is -2.34. The van der Waals surface area contributed by atoms with E-state index in [-0.39, 0.29) is 34.7 Å². The SMILES string of the molecule is CCOC(=O)NC(=S)Nc1ccc(O)c(Oc2ccccc2O)c1. The van der Waals surface area contributed by atoms with Crippen LogP contribution < -0.4 is 15.4 Å². The van der Waals surface area contributed by atoms with E-state index in [0.717, 1.165) is 0 Å². The van der Waals surface area contributed by atoms with Crippen LogP contribution in [0.4, 0.5) is 10.5 Å². The van der Waals surface area contributed by atoms with Crippen LogP contribution in [-0.2, 0) is 4.74 Å². The standard InChI is InChI=1S/C16H16N2O5S/c1-2-22-16(21)18-15(24)17-10-7-8-12(20)14(9-10)23-13-6-4-3-5-11(13)19/h3-9,19-20H,2H2,1H3,(H2,17,18,21,24). The number of carbonyl (C=O) groups is 1. The molecule has 7 nitrogen and oxygen atoms in total. The van der Waals surface area contributed by atoms with Gasteiger partial charge in [-0.05, 0) is 43.4 Å². The second-order valence-corrected chi connectivity index (χ2v) is 4.96. The Morgan fingerprint density at radius 2 is 1.83 bits per heavy atom. The Kier molecular flexibility index (Phi) is 5.80. The Labute approximate surface area is 143 Å². The summed E-state index contributed by atoms with van der Waals surface area (Å²) in [6, 6.07) is 10.8. The molecule has 0 bridgehead atoms. The first-order valence-electron chi connectivity index (χ1n) is 7.03. The van der Waals surface area contributed by atoms with Gasteiger partial charge in [0, 0.05) is 11.8 Å². The first-order valence-corrected chi connectivity index (χ1v) is 7.44. The number of aromatic hydroxyl groups is 2. The molecule has 0 saturated carbocycles. The van der Waals surface area contributed by atoms with Crippen molar-refractivity contribution in [3.8, 4) is 23.0 Å². The number of phenols is 2. The van der Waals surface area contributed by atoms with Gasteiger partial charge in [-0.2, -0.15) is 0 Å². The normalized spacial score (nSPS) is 9.88. The molecule has 0 aromatic heterocycles. The fraction of sp³-hybridized carbons (Fsp3) is 0.125. The van der Waals surface area contributed by atoms with Gasteiger partial charge in [-0.1, -0.05) is 12.1 Å². The molecule has 4 N–H and O–H groups in total. The summed E-state index contributed by atoms with van der Waals surface area (Å²) in [6.45, 7) is 1.91. The summed E-state index contributed by atoms with van der Waals surface area (Å²) in [5.74, 6) is 0.125. The molecule has 0 aliphatic heterocycles. The van der Waals surface area contributed by atoms with Gasteiger partial charge < -0.3 is 25.0 Å². The van der Waals surface area contributed by atoms with Crippen LogP contribution >= 0.6 is 12.2 Å². The number of rotatable bonds is 4. The molecule has 1 amide bonds. The maximum absolute atomic E-state index is 11.3. The number of hydrogen-bond acceptors (Lipinski definition) is 6. The molecule has 2 aromatic carbocycles. The second kappa shape index (κ2) is 8.02. The molecule has 0 spiro atoms. The number of thiocarbonyl (C=S) groups is 1. The zero-order valence-electron chi connectivity index (χ0n) is 12.8. The molecule has 8 heteroatoms. The Hall–Kier alpha value is -3.00. The van der Waals surface area contributed by atoms with Crippen molar-refractivity contribution in [1.29, 1.82) is 0 Å². The molecular weight excluding hydrogens is 332 g/mol. The van der Waals surface area contributed by atoms with Crippen molar-refractivity contribution >= 4 is 29.1 Å². The van der Waals surface area contributed by atoms with E-state index in [0.29, 0.717) is 5.69 Å². The molecule has 0 heterocycles. The predicted molar refractivity (Wildman–Crippen MR) is 92.7 cm³/mol. The van der Waals surface area contributed by atoms with Crippen LogP contribution in [0, 0.1) is 0 Å². The number of amides is 1. The van der Waals surface area contributed by atoms with Crippen molar-refractivity contribution in [2.75, 3.05) is 11.9 Å². The zero-order chi connectivity index (χ0) is 17.5. The van der Waals surface area contributed by atoms with Gasteiger partial charge in [0.05, 0.1) is 6.61 Å². The van der Waals surface area contributed by atoms with E-state index in [2.05, 4.69) is 10.6 Å². The second-order valence-electron chi connectivity index (χ2n) is 4.55. The summed E-state index contributed by atoms with van der Waals surface area (Å²) in [5, 5.41) is 24.7. The lowest BCUT2D eigenvalue weighted by atomic mass is 10.2. The predicted octanol–water partition coefficient (Wildman–Crippen LogP) is 3.33. The van der Waals surface area contributed by atoms with Crippen molar-refractivity contribution in [2.24, 2.45) is 0 Å². The molecule has 0 atom stereocenters. The van der Waals surface area contributed by atoms with Gasteiger partial charge in [-0.25, -0.2) is 4.79 Å². The molecule has 0 saturated heterocycles. The highest BCUT2D eigenvalue weighted by Gasteiger charge is 2.10. The summed E-state index contributed by atoms with van der Waals surface area (Å²) in [6.07, 6.45) is -0.667. The minimum absolute atomic E-state index is 0.0349. The van der Waals surface area contributed by atoms with Gasteiger partial charge in [0.25, 0.3) is 0 Å². The molecule has 0 aliphatic rings. The lowest BCUT2D eigenvalue weighted by molar-refractivity contribution is 0.158. The Morgan fingerprint density at radius 3 is 2.54 bits per heavy atom. The van der Waals surface area contributed by atoms with Crippen LogP contribution in [0.15, 0.2) is 42.5 Å². The maximum Gasteiger partial charge on any atom is 0.413 e. The van der Waals surface area contributed by atoms with E-state index in [1.165, 1.54) is 18.2 Å². The smallest absolute Gasteiger partial charge is 0.413 e. The van der Waals surface area contributed by atoms with Gasteiger partial charge >= 0.3 is 6.09 Å². The highest BCUT2D eigenvalue weighted by atomic mass is 32.1. The average molecular weight is 348 g/mol. The van der Waals surface area contributed by atoms with Gasteiger partial charge in [0.2, 0.25) is 0 Å². The number of para-hydroxylation sites is 2. The van der Waals surface area contributed by atoms with Crippen molar-refractivity contribution in [3.63, 3.8) is 0 Å². The van der Waals surface area contributed by atoms with E-state index in [4.69, 9.17) is 21.7 Å². The average Bonchev–Trinajstić information content (AvgIpc) is 2.52. The fourth-order valence-corrected chi connectivity index (χ4v) is 1.96. The first kappa shape index (κ1) is 17.4. The topological polar surface area (TPSA) is 100 Å². The zero-order valence-corrected chi connectivity index (χ0v) is 13.6. The van der Waals surface area contributed by atoms with Crippen molar-refractivity contribution in [1.82, 2.24) is 5.32 Å². The van der Waals surface area contributed by atoms with Crippen LogP contribution in [0.5, 0.6) is 23.0 Å². The number of nitrogens with one attached hydrogen (secondary N) is 2. The lowest BCUT2D eigenvalue weighted by Gasteiger charge is -2.13. The number of benzene rings is 2. The van der Waals surface area contributed by atoms with Crippen molar-refractivity contribution in [3.05, 3.63) is 42.5 Å². The van der Waals surface area contributed by atoms with Crippen LogP contribution in [0.25, 0.3) is 0 Å². The summed E-state index contributed by atoms with van der Waals surface area (Å²) < 4.78 is 10.2. The van der Waals surface area contributed by atoms with Crippen LogP contribution in [0.2, 0.25) is 0 Å². The summed E-state index contributed by atoms with van der Waals surface area (Å²) in [7, 11) is 0. The molecule has 0 aliphatic carbocycles. The van der Waals surface area contributed by atoms with E-state index in [1.807, 2.05) is 0 Å². The summed E-state index contributed by atoms with van der Waals surface area (Å²) >= 11 is 4.99. The van der Waals surface area contributed by atoms with Gasteiger partial charge in [0.1, 0.15) is 0 Å². The molecule has 0 radical (unpaired) electrons. The minimum atomic E-state index is -0.667. The minimum Gasteiger partial charge on any atom is -0.504 e. The fourth-order valence-electron chi connectivity index (χ4n) is 1.76. The van der Waals surface area contributed by atoms with E-state index in [9.17, 15) is 15.0 Å². The highest BCUT2D eigenvalue weighted by molar-refractivity contribution is 7.80. The monoisotopic (exact) mass is 348 g/mol. The molecular formula is C16H16N2O5S. The van der Waals surface area contributed by atoms with Crippen molar-refractivity contribution in [2.45, 2.75) is 6.92 Å². The van der Waals surface area contributed by atoms with Gasteiger partial charge in [-0.3, -0.25) is 5.32 Å².